The molecule has 0 aliphatic carbocycles. The molecular formula is C20H18N4O2S2. The molecule has 1 aromatic carbocycles. The Bertz CT molecular complexity index is 1110. The highest BCUT2D eigenvalue weighted by atomic mass is 32.1. The van der Waals surface area contributed by atoms with Crippen LogP contribution >= 0.6 is 22.7 Å². The van der Waals surface area contributed by atoms with Crippen LogP contribution in [0.5, 0.6) is 5.75 Å². The number of nitrogens with zero attached hydrogens (tertiary/aromatic N) is 3. The van der Waals surface area contributed by atoms with Crippen LogP contribution in [-0.2, 0) is 13.7 Å². The lowest BCUT2D eigenvalue weighted by Crippen LogP contribution is -2.10. The van der Waals surface area contributed by atoms with Crippen molar-refractivity contribution in [1.29, 1.82) is 0 Å². The topological polar surface area (TPSA) is 69.0 Å². The Hall–Kier alpha value is -2.97. The van der Waals surface area contributed by atoms with E-state index in [1.54, 1.807) is 10.9 Å². The number of nitrogens with one attached hydrogen (secondary N) is 1. The molecule has 8 heteroatoms. The van der Waals surface area contributed by atoms with Crippen LogP contribution in [0.3, 0.4) is 0 Å². The molecule has 0 fully saturated rings. The van der Waals surface area contributed by atoms with Crippen LogP contribution in [0.15, 0.2) is 53.4 Å². The van der Waals surface area contributed by atoms with Crippen LogP contribution in [-0.4, -0.2) is 20.7 Å². The SMILES string of the molecule is Cc1cccc(OCc2csc(C(=O)Nc3nc(-c4ccnn4C)cs3)c2)c1. The normalized spacial score (nSPS) is 10.8. The summed E-state index contributed by atoms with van der Waals surface area (Å²) in [4.78, 5) is 17.6. The van der Waals surface area contributed by atoms with Gasteiger partial charge in [0, 0.05) is 24.2 Å². The van der Waals surface area contributed by atoms with E-state index >= 15 is 0 Å². The van der Waals surface area contributed by atoms with Crippen molar-refractivity contribution < 1.29 is 9.53 Å². The molecule has 0 radical (unpaired) electrons. The summed E-state index contributed by atoms with van der Waals surface area (Å²) in [6, 6.07) is 11.6. The van der Waals surface area contributed by atoms with Gasteiger partial charge in [0.15, 0.2) is 5.13 Å². The van der Waals surface area contributed by atoms with E-state index in [2.05, 4.69) is 15.4 Å². The largest absolute Gasteiger partial charge is 0.489 e. The fraction of sp³-hybridized carbons (Fsp3) is 0.150. The minimum atomic E-state index is -0.169. The van der Waals surface area contributed by atoms with Gasteiger partial charge < -0.3 is 4.74 Å². The Morgan fingerprint density at radius 3 is 2.89 bits per heavy atom. The first-order valence-corrected chi connectivity index (χ1v) is 10.4. The van der Waals surface area contributed by atoms with E-state index in [0.717, 1.165) is 28.3 Å². The van der Waals surface area contributed by atoms with Crippen LogP contribution < -0.4 is 10.1 Å². The average Bonchev–Trinajstić information content (AvgIpc) is 3.41. The number of thiophene rings is 1. The predicted octanol–water partition coefficient (Wildman–Crippen LogP) is 4.74. The van der Waals surface area contributed by atoms with Gasteiger partial charge in [-0.1, -0.05) is 12.1 Å². The molecular weight excluding hydrogens is 392 g/mol. The van der Waals surface area contributed by atoms with E-state index in [1.807, 2.05) is 61.1 Å². The maximum atomic E-state index is 12.5. The van der Waals surface area contributed by atoms with Crippen LogP contribution in [0.1, 0.15) is 20.8 Å². The van der Waals surface area contributed by atoms with Crippen molar-refractivity contribution in [3.63, 3.8) is 0 Å². The van der Waals surface area contributed by atoms with Gasteiger partial charge in [-0.3, -0.25) is 14.8 Å². The summed E-state index contributed by atoms with van der Waals surface area (Å²) < 4.78 is 7.55. The molecule has 0 unspecified atom stereocenters. The zero-order valence-electron chi connectivity index (χ0n) is 15.4. The van der Waals surface area contributed by atoms with E-state index < -0.39 is 0 Å². The third-order valence-electron chi connectivity index (χ3n) is 4.08. The molecule has 28 heavy (non-hydrogen) atoms. The number of hydrogen-bond acceptors (Lipinski definition) is 6. The first-order valence-electron chi connectivity index (χ1n) is 8.60. The molecule has 4 aromatic rings. The number of carbonyl (C=O) groups is 1. The number of amides is 1. The second-order valence-electron chi connectivity index (χ2n) is 6.26. The number of aromatic nitrogens is 3. The van der Waals surface area contributed by atoms with Crippen LogP contribution in [0, 0.1) is 6.92 Å². The fourth-order valence-corrected chi connectivity index (χ4v) is 4.17. The van der Waals surface area contributed by atoms with Gasteiger partial charge in [0.05, 0.1) is 10.6 Å². The summed E-state index contributed by atoms with van der Waals surface area (Å²) in [6.07, 6.45) is 1.72. The Morgan fingerprint density at radius 1 is 1.21 bits per heavy atom. The van der Waals surface area contributed by atoms with E-state index in [4.69, 9.17) is 4.74 Å². The molecule has 0 spiro atoms. The Morgan fingerprint density at radius 2 is 2.11 bits per heavy atom. The van der Waals surface area contributed by atoms with Gasteiger partial charge in [-0.2, -0.15) is 5.10 Å². The number of benzene rings is 1. The lowest BCUT2D eigenvalue weighted by molar-refractivity contribution is 0.103. The lowest BCUT2D eigenvalue weighted by Gasteiger charge is -2.05. The number of rotatable bonds is 6. The highest BCUT2D eigenvalue weighted by Crippen LogP contribution is 2.25. The van der Waals surface area contributed by atoms with Crippen LogP contribution in [0.2, 0.25) is 0 Å². The molecule has 0 aliphatic rings. The number of carbonyl (C=O) groups excluding carboxylic acids is 1. The minimum Gasteiger partial charge on any atom is -0.489 e. The molecule has 142 valence electrons. The third kappa shape index (κ3) is 4.13. The van der Waals surface area contributed by atoms with E-state index in [1.165, 1.54) is 22.7 Å². The quantitative estimate of drug-likeness (QED) is 0.498. The maximum Gasteiger partial charge on any atom is 0.267 e. The van der Waals surface area contributed by atoms with Crippen molar-refractivity contribution in [3.8, 4) is 17.1 Å². The second kappa shape index (κ2) is 7.95. The summed E-state index contributed by atoms with van der Waals surface area (Å²) in [5.74, 6) is 0.653. The van der Waals surface area contributed by atoms with Gasteiger partial charge >= 0.3 is 0 Å². The van der Waals surface area contributed by atoms with Gasteiger partial charge in [0.25, 0.3) is 5.91 Å². The third-order valence-corrected chi connectivity index (χ3v) is 5.82. The Labute approximate surface area is 170 Å². The Balaban J connectivity index is 1.38. The zero-order chi connectivity index (χ0) is 19.5. The van der Waals surface area contributed by atoms with E-state index in [-0.39, 0.29) is 5.91 Å². The smallest absolute Gasteiger partial charge is 0.267 e. The van der Waals surface area contributed by atoms with Gasteiger partial charge in [0.2, 0.25) is 0 Å². The van der Waals surface area contributed by atoms with Crippen molar-refractivity contribution in [2.24, 2.45) is 7.05 Å². The van der Waals surface area contributed by atoms with Crippen molar-refractivity contribution in [2.75, 3.05) is 5.32 Å². The highest BCUT2D eigenvalue weighted by Gasteiger charge is 2.13. The first kappa shape index (κ1) is 18.4. The molecule has 3 heterocycles. The number of aryl methyl sites for hydroxylation is 2. The molecule has 0 saturated heterocycles. The Kier molecular flexibility index (Phi) is 5.23. The summed E-state index contributed by atoms with van der Waals surface area (Å²) in [7, 11) is 1.86. The highest BCUT2D eigenvalue weighted by molar-refractivity contribution is 7.14. The van der Waals surface area contributed by atoms with Crippen LogP contribution in [0.4, 0.5) is 5.13 Å². The molecule has 0 atom stereocenters. The zero-order valence-corrected chi connectivity index (χ0v) is 17.0. The summed E-state index contributed by atoms with van der Waals surface area (Å²) in [6.45, 7) is 2.45. The molecule has 4 rings (SSSR count). The molecule has 0 aliphatic heterocycles. The number of thiazole rings is 1. The van der Waals surface area contributed by atoms with Crippen molar-refractivity contribution in [1.82, 2.24) is 14.8 Å². The maximum absolute atomic E-state index is 12.5. The van der Waals surface area contributed by atoms with Gasteiger partial charge in [-0.15, -0.1) is 22.7 Å². The number of ether oxygens (including phenoxy) is 1. The average molecular weight is 411 g/mol. The predicted molar refractivity (Wildman–Crippen MR) is 112 cm³/mol. The summed E-state index contributed by atoms with van der Waals surface area (Å²) >= 11 is 2.78. The molecule has 3 aromatic heterocycles. The van der Waals surface area contributed by atoms with Crippen molar-refractivity contribution >= 4 is 33.7 Å². The monoisotopic (exact) mass is 410 g/mol. The minimum absolute atomic E-state index is 0.169. The fourth-order valence-electron chi connectivity index (χ4n) is 2.67. The molecule has 1 amide bonds. The first-order chi connectivity index (χ1) is 13.6. The van der Waals surface area contributed by atoms with Gasteiger partial charge in [0.1, 0.15) is 18.1 Å². The molecule has 1 N–H and O–H groups in total. The summed E-state index contributed by atoms with van der Waals surface area (Å²) in [5.41, 5.74) is 3.81. The molecule has 6 nitrogen and oxygen atoms in total. The van der Waals surface area contributed by atoms with Gasteiger partial charge in [-0.25, -0.2) is 4.98 Å². The molecule has 0 saturated carbocycles. The summed E-state index contributed by atoms with van der Waals surface area (Å²) in [5, 5.41) is 11.4. The van der Waals surface area contributed by atoms with Gasteiger partial charge in [-0.05, 0) is 42.1 Å². The van der Waals surface area contributed by atoms with E-state index in [9.17, 15) is 4.79 Å². The number of anilines is 1. The van der Waals surface area contributed by atoms with Crippen molar-refractivity contribution in [2.45, 2.75) is 13.5 Å². The lowest BCUT2D eigenvalue weighted by atomic mass is 10.2. The standard InChI is InChI=1S/C20H18N4O2S2/c1-13-4-3-5-15(8-13)26-10-14-9-18(27-11-14)19(25)23-20-22-16(12-28-20)17-6-7-21-24(17)2/h3-9,11-12H,10H2,1-2H3,(H,22,23,25). The van der Waals surface area contributed by atoms with E-state index in [0.29, 0.717) is 16.6 Å². The van der Waals surface area contributed by atoms with Crippen LogP contribution in [0.25, 0.3) is 11.4 Å². The van der Waals surface area contributed by atoms with Crippen molar-refractivity contribution in [3.05, 3.63) is 69.4 Å². The second-order valence-corrected chi connectivity index (χ2v) is 8.03. The molecule has 0 bridgehead atoms. The number of hydrogen-bond donors (Lipinski definition) is 1.